The average molecular weight is 503 g/mol. The van der Waals surface area contributed by atoms with Crippen LogP contribution in [0, 0.1) is 6.92 Å². The average Bonchev–Trinajstić information content (AvgIpc) is 3.40. The Morgan fingerprint density at radius 2 is 1.63 bits per heavy atom. The van der Waals surface area contributed by atoms with Gasteiger partial charge in [0.25, 0.3) is 5.91 Å². The van der Waals surface area contributed by atoms with Gasteiger partial charge in [0.05, 0.1) is 10.4 Å². The summed E-state index contributed by atoms with van der Waals surface area (Å²) in [5, 5.41) is 16.3. The summed E-state index contributed by atoms with van der Waals surface area (Å²) in [5.41, 5.74) is 2.82. The number of nitrogens with one attached hydrogen (secondary N) is 2. The highest BCUT2D eigenvalue weighted by Crippen LogP contribution is 2.37. The molecule has 0 spiro atoms. The Bertz CT molecular complexity index is 1340. The maximum absolute atomic E-state index is 13.4. The molecule has 0 fully saturated rings. The molecule has 0 aliphatic heterocycles. The number of hydrogen-bond donors (Lipinski definition) is 3. The summed E-state index contributed by atoms with van der Waals surface area (Å²) < 4.78 is 0. The second-order valence-electron chi connectivity index (χ2n) is 7.69. The third-order valence-electron chi connectivity index (χ3n) is 5.19. The first-order chi connectivity index (χ1) is 16.9. The van der Waals surface area contributed by atoms with Crippen LogP contribution in [0.3, 0.4) is 0 Å². The highest BCUT2D eigenvalue weighted by atomic mass is 32.2. The number of thioether (sulfide) groups is 1. The van der Waals surface area contributed by atoms with Gasteiger partial charge >= 0.3 is 5.97 Å². The quantitative estimate of drug-likeness (QED) is 0.240. The maximum atomic E-state index is 13.4. The lowest BCUT2D eigenvalue weighted by molar-refractivity contribution is -0.115. The molecular formula is C27H22N2O4S2. The lowest BCUT2D eigenvalue weighted by Crippen LogP contribution is -2.20. The number of carboxylic acids is 1. The number of carbonyl (C=O) groups excluding carboxylic acids is 2. The normalized spacial score (nSPS) is 11.5. The lowest BCUT2D eigenvalue weighted by Gasteiger charge is -2.18. The van der Waals surface area contributed by atoms with Crippen LogP contribution >= 0.6 is 23.1 Å². The molecule has 0 saturated heterocycles. The van der Waals surface area contributed by atoms with E-state index >= 15 is 0 Å². The van der Waals surface area contributed by atoms with E-state index in [0.29, 0.717) is 16.3 Å². The van der Waals surface area contributed by atoms with Crippen molar-refractivity contribution in [3.05, 3.63) is 112 Å². The molecule has 0 aliphatic carbocycles. The number of rotatable bonds is 8. The smallest absolute Gasteiger partial charge is 0.335 e. The number of thiophene rings is 1. The predicted octanol–water partition coefficient (Wildman–Crippen LogP) is 6.48. The number of amides is 2. The second-order valence-corrected chi connectivity index (χ2v) is 9.81. The monoisotopic (exact) mass is 502 g/mol. The predicted molar refractivity (Wildman–Crippen MR) is 141 cm³/mol. The van der Waals surface area contributed by atoms with Crippen molar-refractivity contribution in [1.82, 2.24) is 0 Å². The van der Waals surface area contributed by atoms with Crippen LogP contribution in [0.1, 0.15) is 36.4 Å². The molecule has 0 bridgehead atoms. The molecule has 8 heteroatoms. The molecule has 4 aromatic rings. The topological polar surface area (TPSA) is 95.5 Å². The highest BCUT2D eigenvalue weighted by Gasteiger charge is 2.23. The Kier molecular flexibility index (Phi) is 7.64. The summed E-state index contributed by atoms with van der Waals surface area (Å²) in [7, 11) is 0. The summed E-state index contributed by atoms with van der Waals surface area (Å²) in [6.45, 7) is 1.81. The molecule has 1 unspecified atom stereocenters. The van der Waals surface area contributed by atoms with Gasteiger partial charge in [0.1, 0.15) is 5.25 Å². The lowest BCUT2D eigenvalue weighted by atomic mass is 10.1. The standard InChI is InChI=1S/C27H22N2O4S2/c1-17-9-10-19(27(32)33)16-22(17)29-26(31)24(18-6-3-2-4-7-18)35-21-13-11-20(12-14-21)28-25(30)23-8-5-15-34-23/h2-16,24H,1H3,(H,28,30)(H,29,31)(H,32,33). The van der Waals surface area contributed by atoms with Crippen molar-refractivity contribution in [2.75, 3.05) is 10.6 Å². The summed E-state index contributed by atoms with van der Waals surface area (Å²) in [6, 6.07) is 24.9. The van der Waals surface area contributed by atoms with Crippen molar-refractivity contribution in [2.45, 2.75) is 17.1 Å². The fourth-order valence-electron chi connectivity index (χ4n) is 3.34. The van der Waals surface area contributed by atoms with Gasteiger partial charge in [-0.25, -0.2) is 4.79 Å². The first-order valence-electron chi connectivity index (χ1n) is 10.7. The van der Waals surface area contributed by atoms with Crippen molar-refractivity contribution in [2.24, 2.45) is 0 Å². The summed E-state index contributed by atoms with van der Waals surface area (Å²) in [5.74, 6) is -1.48. The Labute approximate surface area is 211 Å². The molecule has 0 radical (unpaired) electrons. The van der Waals surface area contributed by atoms with E-state index < -0.39 is 11.2 Å². The molecule has 6 nitrogen and oxygen atoms in total. The van der Waals surface area contributed by atoms with E-state index in [1.165, 1.54) is 35.2 Å². The van der Waals surface area contributed by atoms with Gasteiger partial charge in [-0.15, -0.1) is 23.1 Å². The Balaban J connectivity index is 1.53. The molecule has 1 heterocycles. The summed E-state index contributed by atoms with van der Waals surface area (Å²) in [4.78, 5) is 38.5. The molecule has 4 rings (SSSR count). The van der Waals surface area contributed by atoms with Crippen molar-refractivity contribution in [3.8, 4) is 0 Å². The second kappa shape index (κ2) is 11.0. The van der Waals surface area contributed by atoms with E-state index in [1.807, 2.05) is 60.8 Å². The van der Waals surface area contributed by atoms with Crippen molar-refractivity contribution >= 4 is 52.3 Å². The molecule has 2 amide bonds. The van der Waals surface area contributed by atoms with Crippen molar-refractivity contribution in [1.29, 1.82) is 0 Å². The third kappa shape index (κ3) is 6.17. The van der Waals surface area contributed by atoms with Gasteiger partial charge in [0.15, 0.2) is 0 Å². The van der Waals surface area contributed by atoms with Crippen LogP contribution in [0.2, 0.25) is 0 Å². The van der Waals surface area contributed by atoms with E-state index in [2.05, 4.69) is 10.6 Å². The van der Waals surface area contributed by atoms with Crippen LogP contribution in [0.5, 0.6) is 0 Å². The molecule has 1 aromatic heterocycles. The molecular weight excluding hydrogens is 480 g/mol. The molecule has 3 aromatic carbocycles. The number of benzene rings is 3. The molecule has 0 aliphatic rings. The van der Waals surface area contributed by atoms with Gasteiger partial charge in [0, 0.05) is 16.3 Å². The van der Waals surface area contributed by atoms with Gasteiger partial charge in [0.2, 0.25) is 5.91 Å². The van der Waals surface area contributed by atoms with Gasteiger partial charge < -0.3 is 15.7 Å². The summed E-state index contributed by atoms with van der Waals surface area (Å²) in [6.07, 6.45) is 0. The number of carbonyl (C=O) groups is 3. The zero-order valence-corrected chi connectivity index (χ0v) is 20.4. The number of hydrogen-bond acceptors (Lipinski definition) is 5. The number of anilines is 2. The fourth-order valence-corrected chi connectivity index (χ4v) is 4.99. The first-order valence-corrected chi connectivity index (χ1v) is 12.5. The minimum atomic E-state index is -1.05. The molecule has 35 heavy (non-hydrogen) atoms. The highest BCUT2D eigenvalue weighted by molar-refractivity contribution is 8.00. The van der Waals surface area contributed by atoms with E-state index in [4.69, 9.17) is 0 Å². The summed E-state index contributed by atoms with van der Waals surface area (Å²) >= 11 is 2.75. The molecule has 3 N–H and O–H groups in total. The maximum Gasteiger partial charge on any atom is 0.335 e. The van der Waals surface area contributed by atoms with Crippen LogP contribution in [-0.2, 0) is 4.79 Å². The van der Waals surface area contributed by atoms with E-state index in [9.17, 15) is 19.5 Å². The number of aromatic carboxylic acids is 1. The molecule has 176 valence electrons. The Morgan fingerprint density at radius 3 is 2.29 bits per heavy atom. The minimum Gasteiger partial charge on any atom is -0.478 e. The van der Waals surface area contributed by atoms with Gasteiger partial charge in [-0.1, -0.05) is 42.5 Å². The van der Waals surface area contributed by atoms with E-state index in [1.54, 1.807) is 24.3 Å². The van der Waals surface area contributed by atoms with Gasteiger partial charge in [-0.2, -0.15) is 0 Å². The largest absolute Gasteiger partial charge is 0.478 e. The number of carboxylic acid groups (broad SMARTS) is 1. The Morgan fingerprint density at radius 1 is 0.886 bits per heavy atom. The fraction of sp³-hybridized carbons (Fsp3) is 0.0741. The SMILES string of the molecule is Cc1ccc(C(=O)O)cc1NC(=O)C(Sc1ccc(NC(=O)c2cccs2)cc1)c1ccccc1. The van der Waals surface area contributed by atoms with Gasteiger partial charge in [-0.05, 0) is 65.9 Å². The zero-order chi connectivity index (χ0) is 24.8. The number of aryl methyl sites for hydroxylation is 1. The van der Waals surface area contributed by atoms with Crippen LogP contribution in [0.15, 0.2) is 95.2 Å². The van der Waals surface area contributed by atoms with Crippen molar-refractivity contribution < 1.29 is 19.5 Å². The zero-order valence-electron chi connectivity index (χ0n) is 18.7. The van der Waals surface area contributed by atoms with Gasteiger partial charge in [-0.3, -0.25) is 9.59 Å². The van der Waals surface area contributed by atoms with Crippen molar-refractivity contribution in [3.63, 3.8) is 0 Å². The van der Waals surface area contributed by atoms with Crippen LogP contribution in [-0.4, -0.2) is 22.9 Å². The third-order valence-corrected chi connectivity index (χ3v) is 7.33. The molecule has 0 saturated carbocycles. The van der Waals surface area contributed by atoms with Crippen LogP contribution < -0.4 is 10.6 Å². The molecule has 1 atom stereocenters. The minimum absolute atomic E-state index is 0.106. The first kappa shape index (κ1) is 24.3. The van der Waals surface area contributed by atoms with E-state index in [-0.39, 0.29) is 17.4 Å². The van der Waals surface area contributed by atoms with Crippen LogP contribution in [0.4, 0.5) is 11.4 Å². The van der Waals surface area contributed by atoms with E-state index in [0.717, 1.165) is 16.0 Å². The Hall–Kier alpha value is -3.88. The van der Waals surface area contributed by atoms with Crippen LogP contribution in [0.25, 0.3) is 0 Å².